The molecule has 3 rings (SSSR count). The third-order valence-corrected chi connectivity index (χ3v) is 3.54. The van der Waals surface area contributed by atoms with Crippen molar-refractivity contribution in [2.24, 2.45) is 7.05 Å². The van der Waals surface area contributed by atoms with Gasteiger partial charge in [-0.25, -0.2) is 9.67 Å². The van der Waals surface area contributed by atoms with Crippen molar-refractivity contribution >= 4 is 21.6 Å². The van der Waals surface area contributed by atoms with Crippen LogP contribution < -0.4 is 5.73 Å². The molecule has 1 aromatic heterocycles. The van der Waals surface area contributed by atoms with Crippen LogP contribution in [0.4, 0.5) is 5.69 Å². The second kappa shape index (κ2) is 5.09. The molecular formula is C15H13BrN4. The SMILES string of the molecule is Cn1nc(-c2ccccc2)nc1-c1cc(Br)ccc1N. The van der Waals surface area contributed by atoms with Gasteiger partial charge in [-0.2, -0.15) is 5.10 Å². The Kier molecular flexibility index (Phi) is 3.28. The highest BCUT2D eigenvalue weighted by atomic mass is 79.9. The van der Waals surface area contributed by atoms with E-state index in [2.05, 4.69) is 26.0 Å². The van der Waals surface area contributed by atoms with E-state index in [1.165, 1.54) is 0 Å². The quantitative estimate of drug-likeness (QED) is 0.732. The lowest BCUT2D eigenvalue weighted by atomic mass is 10.1. The van der Waals surface area contributed by atoms with Crippen LogP contribution in [-0.2, 0) is 7.05 Å². The van der Waals surface area contributed by atoms with E-state index in [0.29, 0.717) is 11.5 Å². The van der Waals surface area contributed by atoms with Crippen molar-refractivity contribution in [3.8, 4) is 22.8 Å². The first kappa shape index (κ1) is 12.9. The third kappa shape index (κ3) is 2.32. The fraction of sp³-hybridized carbons (Fsp3) is 0.0667. The average Bonchev–Trinajstić information content (AvgIpc) is 2.84. The molecule has 2 N–H and O–H groups in total. The maximum Gasteiger partial charge on any atom is 0.181 e. The summed E-state index contributed by atoms with van der Waals surface area (Å²) in [6.45, 7) is 0. The van der Waals surface area contributed by atoms with Gasteiger partial charge in [0.05, 0.1) is 0 Å². The lowest BCUT2D eigenvalue weighted by Gasteiger charge is -2.04. The minimum absolute atomic E-state index is 0.684. The highest BCUT2D eigenvalue weighted by molar-refractivity contribution is 9.10. The van der Waals surface area contributed by atoms with Crippen LogP contribution in [0.15, 0.2) is 53.0 Å². The van der Waals surface area contributed by atoms with Crippen molar-refractivity contribution in [1.82, 2.24) is 14.8 Å². The number of anilines is 1. The summed E-state index contributed by atoms with van der Waals surface area (Å²) in [5.41, 5.74) is 8.58. The molecule has 2 aromatic carbocycles. The fourth-order valence-corrected chi connectivity index (χ4v) is 2.41. The molecular weight excluding hydrogens is 316 g/mol. The number of hydrogen-bond donors (Lipinski definition) is 1. The molecule has 0 amide bonds. The van der Waals surface area contributed by atoms with Gasteiger partial charge >= 0.3 is 0 Å². The van der Waals surface area contributed by atoms with Crippen LogP contribution in [0.25, 0.3) is 22.8 Å². The highest BCUT2D eigenvalue weighted by Gasteiger charge is 2.13. The molecule has 5 heteroatoms. The molecule has 4 nitrogen and oxygen atoms in total. The number of halogens is 1. The van der Waals surface area contributed by atoms with E-state index in [4.69, 9.17) is 5.73 Å². The third-order valence-electron chi connectivity index (χ3n) is 3.05. The van der Waals surface area contributed by atoms with Gasteiger partial charge in [-0.15, -0.1) is 0 Å². The van der Waals surface area contributed by atoms with E-state index < -0.39 is 0 Å². The van der Waals surface area contributed by atoms with Gasteiger partial charge in [0.1, 0.15) is 0 Å². The molecule has 0 saturated carbocycles. The summed E-state index contributed by atoms with van der Waals surface area (Å²) in [6.07, 6.45) is 0. The monoisotopic (exact) mass is 328 g/mol. The molecule has 0 unspecified atom stereocenters. The second-order valence-electron chi connectivity index (χ2n) is 4.48. The Morgan fingerprint density at radius 2 is 1.85 bits per heavy atom. The van der Waals surface area contributed by atoms with Gasteiger partial charge < -0.3 is 5.73 Å². The van der Waals surface area contributed by atoms with Gasteiger partial charge in [0.2, 0.25) is 0 Å². The summed E-state index contributed by atoms with van der Waals surface area (Å²) < 4.78 is 2.71. The van der Waals surface area contributed by atoms with E-state index in [9.17, 15) is 0 Å². The molecule has 0 spiro atoms. The van der Waals surface area contributed by atoms with E-state index in [-0.39, 0.29) is 0 Å². The zero-order valence-corrected chi connectivity index (χ0v) is 12.5. The largest absolute Gasteiger partial charge is 0.398 e. The zero-order chi connectivity index (χ0) is 14.1. The summed E-state index contributed by atoms with van der Waals surface area (Å²) in [7, 11) is 1.87. The lowest BCUT2D eigenvalue weighted by molar-refractivity contribution is 0.777. The summed E-state index contributed by atoms with van der Waals surface area (Å²) >= 11 is 3.46. The van der Waals surface area contributed by atoms with Crippen molar-refractivity contribution in [2.45, 2.75) is 0 Å². The normalized spacial score (nSPS) is 10.7. The molecule has 0 aliphatic heterocycles. The maximum absolute atomic E-state index is 6.04. The molecule has 3 aromatic rings. The minimum Gasteiger partial charge on any atom is -0.398 e. The van der Waals surface area contributed by atoms with Crippen molar-refractivity contribution in [3.05, 3.63) is 53.0 Å². The van der Waals surface area contributed by atoms with Crippen LogP contribution in [0.2, 0.25) is 0 Å². The van der Waals surface area contributed by atoms with Crippen molar-refractivity contribution in [1.29, 1.82) is 0 Å². The topological polar surface area (TPSA) is 56.7 Å². The first-order valence-electron chi connectivity index (χ1n) is 6.17. The predicted octanol–water partition coefficient (Wildman–Crippen LogP) is 3.49. The molecule has 0 radical (unpaired) electrons. The molecule has 0 saturated heterocycles. The number of rotatable bonds is 2. The smallest absolute Gasteiger partial charge is 0.181 e. The summed E-state index contributed by atoms with van der Waals surface area (Å²) in [4.78, 5) is 4.60. The Balaban J connectivity index is 2.12. The maximum atomic E-state index is 6.04. The average molecular weight is 329 g/mol. The van der Waals surface area contributed by atoms with Crippen molar-refractivity contribution in [3.63, 3.8) is 0 Å². The molecule has 20 heavy (non-hydrogen) atoms. The summed E-state index contributed by atoms with van der Waals surface area (Å²) in [5.74, 6) is 1.45. The van der Waals surface area contributed by atoms with Gasteiger partial charge in [-0.1, -0.05) is 46.3 Å². The predicted molar refractivity (Wildman–Crippen MR) is 84.0 cm³/mol. The van der Waals surface area contributed by atoms with E-state index in [0.717, 1.165) is 21.4 Å². The molecule has 0 bridgehead atoms. The van der Waals surface area contributed by atoms with E-state index >= 15 is 0 Å². The Bertz CT molecular complexity index is 750. The van der Waals surface area contributed by atoms with E-state index in [1.807, 2.05) is 55.6 Å². The number of nitrogens with zero attached hydrogens (tertiary/aromatic N) is 3. The number of aromatic nitrogens is 3. The van der Waals surface area contributed by atoms with Crippen LogP contribution in [0.1, 0.15) is 0 Å². The lowest BCUT2D eigenvalue weighted by Crippen LogP contribution is -1.98. The highest BCUT2D eigenvalue weighted by Crippen LogP contribution is 2.29. The van der Waals surface area contributed by atoms with E-state index in [1.54, 1.807) is 4.68 Å². The zero-order valence-electron chi connectivity index (χ0n) is 10.9. The van der Waals surface area contributed by atoms with Crippen molar-refractivity contribution < 1.29 is 0 Å². The van der Waals surface area contributed by atoms with Gasteiger partial charge in [0.15, 0.2) is 11.6 Å². The van der Waals surface area contributed by atoms with Crippen LogP contribution >= 0.6 is 15.9 Å². The molecule has 0 aliphatic carbocycles. The Labute approximate surface area is 125 Å². The molecule has 0 aliphatic rings. The molecule has 0 fully saturated rings. The van der Waals surface area contributed by atoms with Gasteiger partial charge in [-0.3, -0.25) is 0 Å². The van der Waals surface area contributed by atoms with Crippen LogP contribution in [0.3, 0.4) is 0 Å². The second-order valence-corrected chi connectivity index (χ2v) is 5.40. The van der Waals surface area contributed by atoms with Crippen LogP contribution in [0.5, 0.6) is 0 Å². The van der Waals surface area contributed by atoms with Crippen molar-refractivity contribution in [2.75, 3.05) is 5.73 Å². The summed E-state index contributed by atoms with van der Waals surface area (Å²) in [5, 5.41) is 4.46. The first-order chi connectivity index (χ1) is 9.65. The summed E-state index contributed by atoms with van der Waals surface area (Å²) in [6, 6.07) is 15.6. The Morgan fingerprint density at radius 3 is 2.60 bits per heavy atom. The number of nitrogen functional groups attached to an aromatic ring is 1. The van der Waals surface area contributed by atoms with Crippen LogP contribution in [0, 0.1) is 0 Å². The first-order valence-corrected chi connectivity index (χ1v) is 6.96. The molecule has 0 atom stereocenters. The van der Waals surface area contributed by atoms with Gasteiger partial charge in [-0.05, 0) is 18.2 Å². The standard InChI is InChI=1S/C15H13BrN4/c1-20-15(12-9-11(16)7-8-13(12)17)18-14(19-20)10-5-3-2-4-6-10/h2-9H,17H2,1H3. The van der Waals surface area contributed by atoms with Crippen LogP contribution in [-0.4, -0.2) is 14.8 Å². The number of hydrogen-bond acceptors (Lipinski definition) is 3. The van der Waals surface area contributed by atoms with Gasteiger partial charge in [0.25, 0.3) is 0 Å². The molecule has 1 heterocycles. The Hall–Kier alpha value is -2.14. The minimum atomic E-state index is 0.684. The number of nitrogens with two attached hydrogens (primary N) is 1. The fourth-order valence-electron chi connectivity index (χ4n) is 2.05. The number of aryl methyl sites for hydroxylation is 1. The van der Waals surface area contributed by atoms with Gasteiger partial charge in [0, 0.05) is 28.3 Å². The Morgan fingerprint density at radius 1 is 1.10 bits per heavy atom. The molecule has 100 valence electrons. The number of benzene rings is 2.